The van der Waals surface area contributed by atoms with E-state index in [1.165, 1.54) is 0 Å². The summed E-state index contributed by atoms with van der Waals surface area (Å²) in [5.41, 5.74) is 2.18. The van der Waals surface area contributed by atoms with Gasteiger partial charge in [0.25, 0.3) is 0 Å². The summed E-state index contributed by atoms with van der Waals surface area (Å²) >= 11 is 0. The molecule has 0 amide bonds. The van der Waals surface area contributed by atoms with Gasteiger partial charge in [-0.25, -0.2) is 0 Å². The maximum atomic E-state index is 10.1. The summed E-state index contributed by atoms with van der Waals surface area (Å²) in [4.78, 5) is 0. The van der Waals surface area contributed by atoms with Gasteiger partial charge in [-0.05, 0) is 31.5 Å². The summed E-state index contributed by atoms with van der Waals surface area (Å²) < 4.78 is 5.13. The van der Waals surface area contributed by atoms with Gasteiger partial charge >= 0.3 is 0 Å². The van der Waals surface area contributed by atoms with E-state index in [1.807, 2.05) is 19.1 Å². The Labute approximate surface area is 90.1 Å². The van der Waals surface area contributed by atoms with Crippen molar-refractivity contribution in [1.82, 2.24) is 5.32 Å². The van der Waals surface area contributed by atoms with Crippen molar-refractivity contribution in [1.29, 1.82) is 0 Å². The van der Waals surface area contributed by atoms with Crippen LogP contribution < -0.4 is 10.1 Å². The molecule has 1 unspecified atom stereocenters. The summed E-state index contributed by atoms with van der Waals surface area (Å²) in [5, 5.41) is 13.4. The Morgan fingerprint density at radius 1 is 1.47 bits per heavy atom. The van der Waals surface area contributed by atoms with Gasteiger partial charge in [-0.1, -0.05) is 6.07 Å². The van der Waals surface area contributed by atoms with Gasteiger partial charge in [0.2, 0.25) is 0 Å². The molecule has 0 aliphatic carbocycles. The van der Waals surface area contributed by atoms with Crippen molar-refractivity contribution in [2.45, 2.75) is 19.3 Å². The van der Waals surface area contributed by atoms with Crippen LogP contribution in [0.3, 0.4) is 0 Å². The standard InChI is InChI=1S/C12H17NO2/c1-8-3-4-10(15-2)12(14)11(8)9-5-6-13-7-9/h3-4,9,13-14H,5-7H2,1-2H3. The molecule has 1 saturated heterocycles. The van der Waals surface area contributed by atoms with Gasteiger partial charge in [-0.2, -0.15) is 0 Å². The number of phenolic OH excluding ortho intramolecular Hbond substituents is 1. The van der Waals surface area contributed by atoms with E-state index in [0.717, 1.165) is 30.6 Å². The van der Waals surface area contributed by atoms with Gasteiger partial charge in [-0.3, -0.25) is 0 Å². The molecule has 15 heavy (non-hydrogen) atoms. The molecular formula is C12H17NO2. The summed E-state index contributed by atoms with van der Waals surface area (Å²) in [6.45, 7) is 4.01. The van der Waals surface area contributed by atoms with E-state index >= 15 is 0 Å². The van der Waals surface area contributed by atoms with Crippen molar-refractivity contribution in [3.8, 4) is 11.5 Å². The zero-order valence-electron chi connectivity index (χ0n) is 9.21. The number of benzene rings is 1. The topological polar surface area (TPSA) is 41.5 Å². The number of hydrogen-bond acceptors (Lipinski definition) is 3. The third kappa shape index (κ3) is 1.79. The monoisotopic (exact) mass is 207 g/mol. The Bertz CT molecular complexity index is 357. The second-order valence-electron chi connectivity index (χ2n) is 4.04. The first-order chi connectivity index (χ1) is 7.24. The van der Waals surface area contributed by atoms with Crippen LogP contribution in [-0.4, -0.2) is 25.3 Å². The number of nitrogens with one attached hydrogen (secondary N) is 1. The summed E-state index contributed by atoms with van der Waals surface area (Å²) in [6, 6.07) is 3.82. The van der Waals surface area contributed by atoms with E-state index in [0.29, 0.717) is 17.4 Å². The molecule has 3 heteroatoms. The lowest BCUT2D eigenvalue weighted by molar-refractivity contribution is 0.368. The predicted molar refractivity (Wildman–Crippen MR) is 59.6 cm³/mol. The van der Waals surface area contributed by atoms with Crippen LogP contribution in [-0.2, 0) is 0 Å². The smallest absolute Gasteiger partial charge is 0.161 e. The molecule has 0 radical (unpaired) electrons. The minimum absolute atomic E-state index is 0.311. The maximum absolute atomic E-state index is 10.1. The normalized spacial score (nSPS) is 20.5. The van der Waals surface area contributed by atoms with E-state index in [1.54, 1.807) is 7.11 Å². The maximum Gasteiger partial charge on any atom is 0.161 e. The highest BCUT2D eigenvalue weighted by atomic mass is 16.5. The van der Waals surface area contributed by atoms with Crippen LogP contribution in [0.1, 0.15) is 23.5 Å². The van der Waals surface area contributed by atoms with E-state index in [2.05, 4.69) is 5.32 Å². The molecule has 82 valence electrons. The Morgan fingerprint density at radius 2 is 2.27 bits per heavy atom. The minimum atomic E-state index is 0.311. The molecule has 1 aliphatic heterocycles. The highest BCUT2D eigenvalue weighted by Crippen LogP contribution is 2.38. The van der Waals surface area contributed by atoms with E-state index in [-0.39, 0.29) is 0 Å². The zero-order valence-corrected chi connectivity index (χ0v) is 9.21. The Kier molecular flexibility index (Phi) is 2.82. The number of aryl methyl sites for hydroxylation is 1. The van der Waals surface area contributed by atoms with Crippen LogP contribution >= 0.6 is 0 Å². The Hall–Kier alpha value is -1.22. The van der Waals surface area contributed by atoms with Crippen molar-refractivity contribution >= 4 is 0 Å². The number of hydrogen-bond donors (Lipinski definition) is 2. The molecule has 2 rings (SSSR count). The van der Waals surface area contributed by atoms with Crippen molar-refractivity contribution in [2.75, 3.05) is 20.2 Å². The fourth-order valence-electron chi connectivity index (χ4n) is 2.27. The van der Waals surface area contributed by atoms with Crippen molar-refractivity contribution in [2.24, 2.45) is 0 Å². The molecule has 0 spiro atoms. The molecular weight excluding hydrogens is 190 g/mol. The third-order valence-corrected chi connectivity index (χ3v) is 3.09. The number of aromatic hydroxyl groups is 1. The Morgan fingerprint density at radius 3 is 2.87 bits per heavy atom. The number of rotatable bonds is 2. The average molecular weight is 207 g/mol. The molecule has 1 heterocycles. The third-order valence-electron chi connectivity index (χ3n) is 3.09. The molecule has 1 aliphatic rings. The molecule has 1 fully saturated rings. The summed E-state index contributed by atoms with van der Waals surface area (Å²) in [5.74, 6) is 1.30. The van der Waals surface area contributed by atoms with Gasteiger partial charge in [-0.15, -0.1) is 0 Å². The van der Waals surface area contributed by atoms with Gasteiger partial charge in [0.05, 0.1) is 7.11 Å². The van der Waals surface area contributed by atoms with E-state index < -0.39 is 0 Å². The highest BCUT2D eigenvalue weighted by molar-refractivity contribution is 5.51. The highest BCUT2D eigenvalue weighted by Gasteiger charge is 2.23. The lowest BCUT2D eigenvalue weighted by atomic mass is 9.93. The molecule has 1 atom stereocenters. The Balaban J connectivity index is 2.43. The van der Waals surface area contributed by atoms with Crippen molar-refractivity contribution in [3.05, 3.63) is 23.3 Å². The average Bonchev–Trinajstić information content (AvgIpc) is 2.71. The number of ether oxygens (including phenoxy) is 1. The van der Waals surface area contributed by atoms with E-state index in [9.17, 15) is 5.11 Å². The first-order valence-corrected chi connectivity index (χ1v) is 5.31. The van der Waals surface area contributed by atoms with Gasteiger partial charge in [0.1, 0.15) is 0 Å². The van der Waals surface area contributed by atoms with Crippen LogP contribution in [0.15, 0.2) is 12.1 Å². The van der Waals surface area contributed by atoms with Gasteiger partial charge in [0, 0.05) is 18.0 Å². The quantitative estimate of drug-likeness (QED) is 0.776. The SMILES string of the molecule is COc1ccc(C)c(C2CCNC2)c1O. The molecule has 0 aromatic heterocycles. The lowest BCUT2D eigenvalue weighted by Crippen LogP contribution is -2.09. The lowest BCUT2D eigenvalue weighted by Gasteiger charge is -2.16. The molecule has 2 N–H and O–H groups in total. The first kappa shape index (κ1) is 10.3. The van der Waals surface area contributed by atoms with Crippen LogP contribution in [0.5, 0.6) is 11.5 Å². The predicted octanol–water partition coefficient (Wildman–Crippen LogP) is 1.79. The van der Waals surface area contributed by atoms with Gasteiger partial charge < -0.3 is 15.2 Å². The molecule has 1 aromatic carbocycles. The second-order valence-corrected chi connectivity index (χ2v) is 4.04. The first-order valence-electron chi connectivity index (χ1n) is 5.31. The number of phenols is 1. The number of methoxy groups -OCH3 is 1. The van der Waals surface area contributed by atoms with Crippen molar-refractivity contribution in [3.63, 3.8) is 0 Å². The van der Waals surface area contributed by atoms with E-state index in [4.69, 9.17) is 4.74 Å². The van der Waals surface area contributed by atoms with Crippen molar-refractivity contribution < 1.29 is 9.84 Å². The zero-order chi connectivity index (χ0) is 10.8. The molecule has 0 bridgehead atoms. The minimum Gasteiger partial charge on any atom is -0.504 e. The van der Waals surface area contributed by atoms with Crippen LogP contribution in [0.25, 0.3) is 0 Å². The fourth-order valence-corrected chi connectivity index (χ4v) is 2.27. The molecule has 3 nitrogen and oxygen atoms in total. The second kappa shape index (κ2) is 4.11. The fraction of sp³-hybridized carbons (Fsp3) is 0.500. The van der Waals surface area contributed by atoms with Crippen LogP contribution in [0.4, 0.5) is 0 Å². The van der Waals surface area contributed by atoms with Crippen LogP contribution in [0, 0.1) is 6.92 Å². The molecule has 1 aromatic rings. The summed E-state index contributed by atoms with van der Waals surface area (Å²) in [6.07, 6.45) is 1.08. The summed E-state index contributed by atoms with van der Waals surface area (Å²) in [7, 11) is 1.58. The largest absolute Gasteiger partial charge is 0.504 e. The molecule has 0 saturated carbocycles. The van der Waals surface area contributed by atoms with Gasteiger partial charge in [0.15, 0.2) is 11.5 Å². The van der Waals surface area contributed by atoms with Crippen LogP contribution in [0.2, 0.25) is 0 Å².